The molecule has 1 aliphatic carbocycles. The molecule has 2 fully saturated rings. The van der Waals surface area contributed by atoms with Crippen LogP contribution in [0, 0.1) is 6.92 Å². The number of halogens is 3. The van der Waals surface area contributed by atoms with Crippen LogP contribution in [-0.2, 0) is 19.4 Å². The Bertz CT molecular complexity index is 1230. The third kappa shape index (κ3) is 4.90. The quantitative estimate of drug-likeness (QED) is 0.543. The van der Waals surface area contributed by atoms with E-state index < -0.39 is 17.3 Å². The third-order valence-corrected chi connectivity index (χ3v) is 6.31. The first kappa shape index (κ1) is 22.7. The number of alkyl halides is 3. The molecular weight excluding hydrogens is 449 g/mol. The van der Waals surface area contributed by atoms with Gasteiger partial charge >= 0.3 is 6.18 Å². The van der Waals surface area contributed by atoms with Gasteiger partial charge in [0.05, 0.1) is 18.9 Å². The molecule has 3 aromatic rings. The summed E-state index contributed by atoms with van der Waals surface area (Å²) in [5.74, 6) is 1.08. The number of aryl methyl sites for hydroxylation is 1. The Kier molecular flexibility index (Phi) is 5.98. The number of nitrogens with zero attached hydrogens (tertiary/aromatic N) is 6. The van der Waals surface area contributed by atoms with E-state index in [0.717, 1.165) is 34.7 Å². The zero-order chi connectivity index (χ0) is 23.9. The molecular formula is C23H25F3N6O2. The molecule has 0 bridgehead atoms. The average molecular weight is 474 g/mol. The van der Waals surface area contributed by atoms with E-state index >= 15 is 0 Å². The number of hydrogen-bond acceptors (Lipinski definition) is 7. The van der Waals surface area contributed by atoms with Gasteiger partial charge in [-0.25, -0.2) is 4.68 Å². The molecule has 0 amide bonds. The van der Waals surface area contributed by atoms with Gasteiger partial charge in [-0.15, -0.1) is 0 Å². The van der Waals surface area contributed by atoms with E-state index in [-0.39, 0.29) is 12.6 Å². The van der Waals surface area contributed by atoms with Gasteiger partial charge in [-0.3, -0.25) is 14.6 Å². The average Bonchev–Trinajstić information content (AvgIpc) is 3.55. The SMILES string of the molecule is Cc1ccccc1-c1noc(CN2CCN(Cn3nc(C4CC4)cc(C(F)(F)F)c3=O)CC2)n1. The van der Waals surface area contributed by atoms with Crippen molar-refractivity contribution in [2.75, 3.05) is 26.2 Å². The van der Waals surface area contributed by atoms with E-state index in [1.165, 1.54) is 0 Å². The fourth-order valence-electron chi connectivity index (χ4n) is 4.16. The van der Waals surface area contributed by atoms with Gasteiger partial charge in [0, 0.05) is 37.7 Å². The Hall–Kier alpha value is -3.05. The van der Waals surface area contributed by atoms with Crippen molar-refractivity contribution in [3.8, 4) is 11.4 Å². The Morgan fingerprint density at radius 1 is 1.09 bits per heavy atom. The van der Waals surface area contributed by atoms with Crippen molar-refractivity contribution in [3.05, 3.63) is 63.4 Å². The second-order valence-electron chi connectivity index (χ2n) is 8.92. The third-order valence-electron chi connectivity index (χ3n) is 6.31. The van der Waals surface area contributed by atoms with E-state index in [0.29, 0.717) is 50.1 Å². The van der Waals surface area contributed by atoms with Gasteiger partial charge in [-0.05, 0) is 31.4 Å². The molecule has 11 heteroatoms. The molecule has 180 valence electrons. The van der Waals surface area contributed by atoms with Crippen LogP contribution in [0.2, 0.25) is 0 Å². The number of piperazine rings is 1. The minimum atomic E-state index is -4.69. The maximum absolute atomic E-state index is 13.4. The lowest BCUT2D eigenvalue weighted by Gasteiger charge is -2.33. The highest BCUT2D eigenvalue weighted by atomic mass is 19.4. The van der Waals surface area contributed by atoms with Crippen molar-refractivity contribution in [3.63, 3.8) is 0 Å². The molecule has 0 spiro atoms. The second kappa shape index (κ2) is 8.95. The van der Waals surface area contributed by atoms with E-state index in [4.69, 9.17) is 4.52 Å². The van der Waals surface area contributed by atoms with Crippen LogP contribution in [0.15, 0.2) is 39.6 Å². The maximum atomic E-state index is 13.4. The van der Waals surface area contributed by atoms with Gasteiger partial charge in [-0.2, -0.15) is 23.3 Å². The molecule has 0 unspecified atom stereocenters. The lowest BCUT2D eigenvalue weighted by molar-refractivity contribution is -0.139. The number of hydrogen-bond donors (Lipinski definition) is 0. The van der Waals surface area contributed by atoms with Crippen LogP contribution >= 0.6 is 0 Å². The Balaban J connectivity index is 1.22. The van der Waals surface area contributed by atoms with Crippen molar-refractivity contribution in [1.29, 1.82) is 0 Å². The minimum absolute atomic E-state index is 0.0174. The summed E-state index contributed by atoms with van der Waals surface area (Å²) in [6, 6.07) is 8.73. The molecule has 0 N–H and O–H groups in total. The summed E-state index contributed by atoms with van der Waals surface area (Å²) in [7, 11) is 0. The molecule has 3 heterocycles. The smallest absolute Gasteiger partial charge is 0.338 e. The topological polar surface area (TPSA) is 80.3 Å². The molecule has 8 nitrogen and oxygen atoms in total. The summed E-state index contributed by atoms with van der Waals surface area (Å²) in [6.45, 7) is 5.00. The predicted octanol–water partition coefficient (Wildman–Crippen LogP) is 3.27. The highest BCUT2D eigenvalue weighted by Gasteiger charge is 2.38. The van der Waals surface area contributed by atoms with Crippen LogP contribution in [-0.4, -0.2) is 55.9 Å². The first-order chi connectivity index (χ1) is 16.3. The Labute approximate surface area is 194 Å². The van der Waals surface area contributed by atoms with Gasteiger partial charge < -0.3 is 4.52 Å². The summed E-state index contributed by atoms with van der Waals surface area (Å²) < 4.78 is 46.5. The van der Waals surface area contributed by atoms with Crippen molar-refractivity contribution in [2.24, 2.45) is 0 Å². The Morgan fingerprint density at radius 3 is 2.47 bits per heavy atom. The predicted molar refractivity (Wildman–Crippen MR) is 117 cm³/mol. The van der Waals surface area contributed by atoms with Crippen molar-refractivity contribution in [2.45, 2.75) is 45.1 Å². The van der Waals surface area contributed by atoms with E-state index in [1.807, 2.05) is 36.1 Å². The lowest BCUT2D eigenvalue weighted by Crippen LogP contribution is -2.48. The van der Waals surface area contributed by atoms with Crippen molar-refractivity contribution >= 4 is 0 Å². The number of benzene rings is 1. The van der Waals surface area contributed by atoms with Crippen molar-refractivity contribution in [1.82, 2.24) is 29.7 Å². The molecule has 34 heavy (non-hydrogen) atoms. The van der Waals surface area contributed by atoms with Gasteiger partial charge in [-0.1, -0.05) is 29.4 Å². The molecule has 2 aromatic heterocycles. The van der Waals surface area contributed by atoms with Crippen LogP contribution in [0.1, 0.15) is 41.5 Å². The van der Waals surface area contributed by atoms with Crippen LogP contribution in [0.5, 0.6) is 0 Å². The second-order valence-corrected chi connectivity index (χ2v) is 8.92. The fourth-order valence-corrected chi connectivity index (χ4v) is 4.16. The molecule has 2 aliphatic rings. The molecule has 1 saturated carbocycles. The Morgan fingerprint density at radius 2 is 1.79 bits per heavy atom. The highest BCUT2D eigenvalue weighted by molar-refractivity contribution is 5.58. The minimum Gasteiger partial charge on any atom is -0.338 e. The lowest BCUT2D eigenvalue weighted by atomic mass is 10.1. The molecule has 1 aliphatic heterocycles. The summed E-state index contributed by atoms with van der Waals surface area (Å²) >= 11 is 0. The standard InChI is InChI=1S/C23H25F3N6O2/c1-15-4-2-3-5-17(15)21-27-20(34-29-21)13-30-8-10-31(11-9-30)14-32-22(33)18(23(24,25)26)12-19(28-32)16-6-7-16/h2-5,12,16H,6-11,13-14H2,1H3. The van der Waals surface area contributed by atoms with Gasteiger partial charge in [0.15, 0.2) is 0 Å². The first-order valence-corrected chi connectivity index (χ1v) is 11.3. The van der Waals surface area contributed by atoms with E-state index in [2.05, 4.69) is 20.1 Å². The normalized spacial score (nSPS) is 17.9. The first-order valence-electron chi connectivity index (χ1n) is 11.3. The van der Waals surface area contributed by atoms with Crippen LogP contribution in [0.4, 0.5) is 13.2 Å². The van der Waals surface area contributed by atoms with Crippen molar-refractivity contribution < 1.29 is 17.7 Å². The zero-order valence-electron chi connectivity index (χ0n) is 18.8. The number of aromatic nitrogens is 4. The van der Waals surface area contributed by atoms with Gasteiger partial charge in [0.2, 0.25) is 11.7 Å². The maximum Gasteiger partial charge on any atom is 0.421 e. The molecule has 0 radical (unpaired) electrons. The largest absolute Gasteiger partial charge is 0.421 e. The summed E-state index contributed by atoms with van der Waals surface area (Å²) in [5, 5.41) is 8.33. The van der Waals surface area contributed by atoms with Crippen LogP contribution in [0.25, 0.3) is 11.4 Å². The molecule has 1 aromatic carbocycles. The highest BCUT2D eigenvalue weighted by Crippen LogP contribution is 2.40. The summed E-state index contributed by atoms with van der Waals surface area (Å²) in [4.78, 5) is 21.0. The fraction of sp³-hybridized carbons (Fsp3) is 0.478. The summed E-state index contributed by atoms with van der Waals surface area (Å²) in [6.07, 6.45) is -3.07. The molecule has 1 saturated heterocycles. The van der Waals surface area contributed by atoms with E-state index in [1.54, 1.807) is 0 Å². The molecule has 5 rings (SSSR count). The monoisotopic (exact) mass is 474 g/mol. The van der Waals surface area contributed by atoms with Crippen LogP contribution < -0.4 is 5.56 Å². The van der Waals surface area contributed by atoms with E-state index in [9.17, 15) is 18.0 Å². The van der Waals surface area contributed by atoms with Gasteiger partial charge in [0.1, 0.15) is 5.56 Å². The molecule has 0 atom stereocenters. The van der Waals surface area contributed by atoms with Gasteiger partial charge in [0.25, 0.3) is 5.56 Å². The number of rotatable bonds is 6. The summed E-state index contributed by atoms with van der Waals surface area (Å²) in [5.41, 5.74) is 0.114. The van der Waals surface area contributed by atoms with Crippen LogP contribution in [0.3, 0.4) is 0 Å². The zero-order valence-corrected chi connectivity index (χ0v) is 18.8.